The molecule has 0 N–H and O–H groups in total. The Kier molecular flexibility index (Phi) is 4.45. The molecule has 120 valence electrons. The van der Waals surface area contributed by atoms with Crippen LogP contribution in [-0.4, -0.2) is 5.71 Å². The Hall–Kier alpha value is -2.71. The van der Waals surface area contributed by atoms with E-state index in [-0.39, 0.29) is 0 Å². The van der Waals surface area contributed by atoms with Gasteiger partial charge in [-0.1, -0.05) is 94.8 Å². The minimum Gasteiger partial charge on any atom is -0.247 e. The lowest BCUT2D eigenvalue weighted by atomic mass is 10.0. The van der Waals surface area contributed by atoms with Crippen LogP contribution in [0.25, 0.3) is 10.8 Å². The highest BCUT2D eigenvalue weighted by atomic mass is 79.9. The maximum Gasteiger partial charge on any atom is 0.0781 e. The molecule has 0 aliphatic carbocycles. The van der Waals surface area contributed by atoms with Gasteiger partial charge in [0.2, 0.25) is 0 Å². The quantitative estimate of drug-likeness (QED) is 0.345. The summed E-state index contributed by atoms with van der Waals surface area (Å²) in [5, 5.41) is 2.33. The van der Waals surface area contributed by atoms with Crippen molar-refractivity contribution in [3.63, 3.8) is 0 Å². The molecule has 0 saturated heterocycles. The number of halogens is 1. The van der Waals surface area contributed by atoms with E-state index >= 15 is 0 Å². The highest BCUT2D eigenvalue weighted by molar-refractivity contribution is 9.10. The molecule has 2 heteroatoms. The molecule has 25 heavy (non-hydrogen) atoms. The van der Waals surface area contributed by atoms with Crippen LogP contribution in [0.15, 0.2) is 107 Å². The normalized spacial score (nSPS) is 10.6. The van der Waals surface area contributed by atoms with Gasteiger partial charge in [-0.05, 0) is 23.6 Å². The van der Waals surface area contributed by atoms with Gasteiger partial charge in [0.15, 0.2) is 0 Å². The Labute approximate surface area is 155 Å². The maximum absolute atomic E-state index is 5.06. The van der Waals surface area contributed by atoms with E-state index in [0.717, 1.165) is 32.4 Å². The first-order chi connectivity index (χ1) is 12.3. The standard InChI is InChI=1S/C23H16BrN/c24-20-15-14-17-12-7-13-22(21(17)16-20)25-23(18-8-3-1-4-9-18)19-10-5-2-6-11-19/h1-16H. The van der Waals surface area contributed by atoms with Crippen molar-refractivity contribution in [1.29, 1.82) is 0 Å². The average Bonchev–Trinajstić information content (AvgIpc) is 2.67. The van der Waals surface area contributed by atoms with Crippen molar-refractivity contribution in [3.05, 3.63) is 113 Å². The summed E-state index contributed by atoms with van der Waals surface area (Å²) in [6, 6.07) is 33.2. The topological polar surface area (TPSA) is 12.4 Å². The molecule has 0 bridgehead atoms. The molecule has 0 unspecified atom stereocenters. The van der Waals surface area contributed by atoms with Crippen molar-refractivity contribution in [3.8, 4) is 0 Å². The van der Waals surface area contributed by atoms with Crippen LogP contribution in [0.5, 0.6) is 0 Å². The first kappa shape index (κ1) is 15.8. The molecule has 4 rings (SSSR count). The second-order valence-corrected chi connectivity index (χ2v) is 6.75. The molecule has 0 heterocycles. The van der Waals surface area contributed by atoms with Crippen LogP contribution in [0.1, 0.15) is 11.1 Å². The van der Waals surface area contributed by atoms with Gasteiger partial charge in [-0.3, -0.25) is 0 Å². The third kappa shape index (κ3) is 3.40. The molecule has 0 aromatic heterocycles. The number of aliphatic imine (C=N–C) groups is 1. The van der Waals surface area contributed by atoms with Gasteiger partial charge < -0.3 is 0 Å². The summed E-state index contributed by atoms with van der Waals surface area (Å²) in [7, 11) is 0. The number of hydrogen-bond donors (Lipinski definition) is 0. The van der Waals surface area contributed by atoms with Crippen LogP contribution in [0.2, 0.25) is 0 Å². The van der Waals surface area contributed by atoms with E-state index in [1.165, 1.54) is 5.39 Å². The van der Waals surface area contributed by atoms with Crippen molar-refractivity contribution < 1.29 is 0 Å². The Morgan fingerprint density at radius 3 is 1.92 bits per heavy atom. The molecule has 1 nitrogen and oxygen atoms in total. The lowest BCUT2D eigenvalue weighted by Crippen LogP contribution is -2.02. The van der Waals surface area contributed by atoms with E-state index in [1.807, 2.05) is 36.4 Å². The van der Waals surface area contributed by atoms with Gasteiger partial charge in [-0.15, -0.1) is 0 Å². The summed E-state index contributed by atoms with van der Waals surface area (Å²) in [6.07, 6.45) is 0. The summed E-state index contributed by atoms with van der Waals surface area (Å²) in [4.78, 5) is 5.06. The van der Waals surface area contributed by atoms with Gasteiger partial charge in [0, 0.05) is 21.0 Å². The molecular weight excluding hydrogens is 370 g/mol. The first-order valence-electron chi connectivity index (χ1n) is 8.19. The van der Waals surface area contributed by atoms with Gasteiger partial charge in [0.25, 0.3) is 0 Å². The fourth-order valence-electron chi connectivity index (χ4n) is 2.93. The highest BCUT2D eigenvalue weighted by Crippen LogP contribution is 2.30. The predicted molar refractivity (Wildman–Crippen MR) is 110 cm³/mol. The zero-order valence-electron chi connectivity index (χ0n) is 13.6. The fraction of sp³-hybridized carbons (Fsp3) is 0. The van der Waals surface area contributed by atoms with Gasteiger partial charge in [0.1, 0.15) is 0 Å². The number of rotatable bonds is 3. The van der Waals surface area contributed by atoms with E-state index in [4.69, 9.17) is 4.99 Å². The van der Waals surface area contributed by atoms with Crippen molar-refractivity contribution in [2.75, 3.05) is 0 Å². The van der Waals surface area contributed by atoms with Crippen LogP contribution in [0.4, 0.5) is 5.69 Å². The Balaban J connectivity index is 1.96. The molecule has 0 fully saturated rings. The second-order valence-electron chi connectivity index (χ2n) is 5.84. The van der Waals surface area contributed by atoms with E-state index in [2.05, 4.69) is 76.6 Å². The number of nitrogens with zero attached hydrogens (tertiary/aromatic N) is 1. The molecule has 0 amide bonds. The SMILES string of the molecule is Brc1ccc2cccc(N=C(c3ccccc3)c3ccccc3)c2c1. The molecule has 4 aromatic rings. The summed E-state index contributed by atoms with van der Waals surface area (Å²) in [5.74, 6) is 0. The summed E-state index contributed by atoms with van der Waals surface area (Å²) >= 11 is 3.57. The molecule has 0 radical (unpaired) electrons. The third-order valence-corrected chi connectivity index (χ3v) is 4.64. The van der Waals surface area contributed by atoms with Crippen LogP contribution in [0, 0.1) is 0 Å². The lowest BCUT2D eigenvalue weighted by molar-refractivity contribution is 1.49. The van der Waals surface area contributed by atoms with E-state index in [1.54, 1.807) is 0 Å². The van der Waals surface area contributed by atoms with Crippen LogP contribution < -0.4 is 0 Å². The fourth-order valence-corrected chi connectivity index (χ4v) is 3.30. The highest BCUT2D eigenvalue weighted by Gasteiger charge is 2.08. The molecule has 0 spiro atoms. The zero-order chi connectivity index (χ0) is 17.1. The van der Waals surface area contributed by atoms with E-state index in [9.17, 15) is 0 Å². The number of benzene rings is 4. The minimum absolute atomic E-state index is 0.974. The Morgan fingerprint density at radius 1 is 0.640 bits per heavy atom. The molecular formula is C23H16BrN. The summed E-state index contributed by atoms with van der Waals surface area (Å²) in [5.41, 5.74) is 4.18. The van der Waals surface area contributed by atoms with Crippen LogP contribution in [0.3, 0.4) is 0 Å². The van der Waals surface area contributed by atoms with Crippen LogP contribution >= 0.6 is 15.9 Å². The van der Waals surface area contributed by atoms with Crippen molar-refractivity contribution in [2.45, 2.75) is 0 Å². The minimum atomic E-state index is 0.974. The molecule has 4 aromatic carbocycles. The average molecular weight is 386 g/mol. The van der Waals surface area contributed by atoms with Crippen molar-refractivity contribution in [2.24, 2.45) is 4.99 Å². The van der Waals surface area contributed by atoms with Gasteiger partial charge >= 0.3 is 0 Å². The van der Waals surface area contributed by atoms with E-state index in [0.29, 0.717) is 0 Å². The smallest absolute Gasteiger partial charge is 0.0781 e. The lowest BCUT2D eigenvalue weighted by Gasteiger charge is -2.09. The first-order valence-corrected chi connectivity index (χ1v) is 8.98. The molecule has 0 aliphatic rings. The maximum atomic E-state index is 5.06. The Morgan fingerprint density at radius 2 is 1.28 bits per heavy atom. The number of hydrogen-bond acceptors (Lipinski definition) is 1. The molecule has 0 atom stereocenters. The van der Waals surface area contributed by atoms with Crippen LogP contribution in [-0.2, 0) is 0 Å². The largest absolute Gasteiger partial charge is 0.247 e. The second kappa shape index (κ2) is 7.04. The zero-order valence-corrected chi connectivity index (χ0v) is 15.1. The summed E-state index contributed by atoms with van der Waals surface area (Å²) in [6.45, 7) is 0. The van der Waals surface area contributed by atoms with Gasteiger partial charge in [-0.2, -0.15) is 0 Å². The molecule has 0 saturated carbocycles. The van der Waals surface area contributed by atoms with Crippen molar-refractivity contribution >= 4 is 38.1 Å². The predicted octanol–water partition coefficient (Wildman–Crippen LogP) is 6.77. The monoisotopic (exact) mass is 385 g/mol. The Bertz CT molecular complexity index is 996. The summed E-state index contributed by atoms with van der Waals surface area (Å²) < 4.78 is 1.06. The van der Waals surface area contributed by atoms with Gasteiger partial charge in [0.05, 0.1) is 11.4 Å². The van der Waals surface area contributed by atoms with E-state index < -0.39 is 0 Å². The number of fused-ring (bicyclic) bond motifs is 1. The molecule has 0 aliphatic heterocycles. The van der Waals surface area contributed by atoms with Gasteiger partial charge in [-0.25, -0.2) is 4.99 Å². The third-order valence-electron chi connectivity index (χ3n) is 4.15. The van der Waals surface area contributed by atoms with Crippen molar-refractivity contribution in [1.82, 2.24) is 0 Å².